The van der Waals surface area contributed by atoms with Crippen LogP contribution in [0, 0.1) is 5.82 Å². The first-order chi connectivity index (χ1) is 15.1. The molecule has 0 fully saturated rings. The quantitative estimate of drug-likeness (QED) is 0.405. The molecule has 0 saturated carbocycles. The first-order valence-electron chi connectivity index (χ1n) is 9.70. The molecule has 0 aliphatic heterocycles. The van der Waals surface area contributed by atoms with Gasteiger partial charge in [-0.3, -0.25) is 4.79 Å². The molecule has 0 spiro atoms. The molecule has 31 heavy (non-hydrogen) atoms. The third-order valence-corrected chi connectivity index (χ3v) is 4.30. The lowest BCUT2D eigenvalue weighted by Crippen LogP contribution is -2.17. The molecule has 0 saturated heterocycles. The normalized spacial score (nSPS) is 10.7. The summed E-state index contributed by atoms with van der Waals surface area (Å²) in [5.74, 6) is 1.09. The first-order valence-corrected chi connectivity index (χ1v) is 9.70. The molecule has 3 rings (SSSR count). The summed E-state index contributed by atoms with van der Waals surface area (Å²) < 4.78 is 29.3. The van der Waals surface area contributed by atoms with Crippen molar-refractivity contribution in [3.05, 3.63) is 89.2 Å². The lowest BCUT2D eigenvalue weighted by molar-refractivity contribution is 0.0954. The summed E-state index contributed by atoms with van der Waals surface area (Å²) in [4.78, 5) is 12.3. The maximum Gasteiger partial charge on any atom is 0.271 e. The van der Waals surface area contributed by atoms with E-state index in [1.54, 1.807) is 49.6 Å². The van der Waals surface area contributed by atoms with E-state index in [2.05, 4.69) is 10.5 Å². The zero-order chi connectivity index (χ0) is 22.1. The SMILES string of the molecule is CCOc1cc(C(=O)N/N=C\c2ccc(OCc3ccc(F)cc3)cc2)ccc1OC. The van der Waals surface area contributed by atoms with Crippen molar-refractivity contribution in [1.29, 1.82) is 0 Å². The van der Waals surface area contributed by atoms with E-state index in [9.17, 15) is 9.18 Å². The van der Waals surface area contributed by atoms with E-state index in [1.165, 1.54) is 18.3 Å². The van der Waals surface area contributed by atoms with Gasteiger partial charge in [-0.1, -0.05) is 12.1 Å². The highest BCUT2D eigenvalue weighted by Gasteiger charge is 2.10. The Morgan fingerprint density at radius 1 is 1.00 bits per heavy atom. The van der Waals surface area contributed by atoms with Gasteiger partial charge in [-0.25, -0.2) is 9.82 Å². The minimum atomic E-state index is -0.362. The van der Waals surface area contributed by atoms with Crippen LogP contribution in [-0.2, 0) is 6.61 Å². The van der Waals surface area contributed by atoms with Gasteiger partial charge in [0.15, 0.2) is 11.5 Å². The lowest BCUT2D eigenvalue weighted by atomic mass is 10.2. The van der Waals surface area contributed by atoms with E-state index in [0.717, 1.165) is 11.1 Å². The van der Waals surface area contributed by atoms with Gasteiger partial charge < -0.3 is 14.2 Å². The van der Waals surface area contributed by atoms with E-state index in [4.69, 9.17) is 14.2 Å². The number of methoxy groups -OCH3 is 1. The summed E-state index contributed by atoms with van der Waals surface area (Å²) in [6, 6.07) is 18.3. The van der Waals surface area contributed by atoms with Gasteiger partial charge in [-0.15, -0.1) is 0 Å². The van der Waals surface area contributed by atoms with Crippen LogP contribution in [0.15, 0.2) is 71.8 Å². The Kier molecular flexibility index (Phi) is 7.59. The highest BCUT2D eigenvalue weighted by Crippen LogP contribution is 2.28. The van der Waals surface area contributed by atoms with Gasteiger partial charge in [0.2, 0.25) is 0 Å². The van der Waals surface area contributed by atoms with Gasteiger partial charge in [-0.2, -0.15) is 5.10 Å². The molecule has 7 heteroatoms. The predicted molar refractivity (Wildman–Crippen MR) is 116 cm³/mol. The second-order valence-electron chi connectivity index (χ2n) is 6.48. The molecule has 0 aliphatic rings. The van der Waals surface area contributed by atoms with Crippen LogP contribution in [0.25, 0.3) is 0 Å². The summed E-state index contributed by atoms with van der Waals surface area (Å²) in [6.45, 7) is 2.66. The van der Waals surface area contributed by atoms with E-state index in [0.29, 0.717) is 36.0 Å². The van der Waals surface area contributed by atoms with Gasteiger partial charge in [0.1, 0.15) is 18.2 Å². The van der Waals surface area contributed by atoms with Gasteiger partial charge in [0.25, 0.3) is 5.91 Å². The van der Waals surface area contributed by atoms with E-state index < -0.39 is 0 Å². The monoisotopic (exact) mass is 422 g/mol. The van der Waals surface area contributed by atoms with Crippen molar-refractivity contribution in [2.75, 3.05) is 13.7 Å². The maximum atomic E-state index is 12.9. The fourth-order valence-electron chi connectivity index (χ4n) is 2.71. The number of benzene rings is 3. The fraction of sp³-hybridized carbons (Fsp3) is 0.167. The first kappa shape index (κ1) is 21.8. The van der Waals surface area contributed by atoms with Crippen LogP contribution < -0.4 is 19.6 Å². The number of rotatable bonds is 9. The van der Waals surface area contributed by atoms with Crippen LogP contribution in [0.1, 0.15) is 28.4 Å². The zero-order valence-corrected chi connectivity index (χ0v) is 17.3. The molecule has 0 radical (unpaired) electrons. The molecule has 3 aromatic carbocycles. The van der Waals surface area contributed by atoms with Crippen LogP contribution in [0.5, 0.6) is 17.2 Å². The largest absolute Gasteiger partial charge is 0.493 e. The molecule has 0 aromatic heterocycles. The number of nitrogens with one attached hydrogen (secondary N) is 1. The number of ether oxygens (including phenoxy) is 3. The Labute approximate surface area is 180 Å². The lowest BCUT2D eigenvalue weighted by Gasteiger charge is -2.10. The van der Waals surface area contributed by atoms with Gasteiger partial charge in [0, 0.05) is 5.56 Å². The molecule has 0 heterocycles. The number of hydrogen-bond acceptors (Lipinski definition) is 5. The molecule has 0 unspecified atom stereocenters. The second-order valence-corrected chi connectivity index (χ2v) is 6.48. The molecular formula is C24H23FN2O4. The van der Waals surface area contributed by atoms with Crippen molar-refractivity contribution < 1.29 is 23.4 Å². The molecule has 3 aromatic rings. The minimum absolute atomic E-state index is 0.277. The summed E-state index contributed by atoms with van der Waals surface area (Å²) in [5, 5.41) is 3.99. The summed E-state index contributed by atoms with van der Waals surface area (Å²) in [6.07, 6.45) is 1.54. The van der Waals surface area contributed by atoms with E-state index >= 15 is 0 Å². The smallest absolute Gasteiger partial charge is 0.271 e. The van der Waals surface area contributed by atoms with Crippen LogP contribution >= 0.6 is 0 Å². The van der Waals surface area contributed by atoms with Crippen LogP contribution in [-0.4, -0.2) is 25.8 Å². The summed E-state index contributed by atoms with van der Waals surface area (Å²) in [5.41, 5.74) is 4.57. The Morgan fingerprint density at radius 2 is 1.74 bits per heavy atom. The van der Waals surface area contributed by atoms with Crippen molar-refractivity contribution in [3.63, 3.8) is 0 Å². The molecular weight excluding hydrogens is 399 g/mol. The second kappa shape index (κ2) is 10.8. The van der Waals surface area contributed by atoms with Crippen LogP contribution in [0.4, 0.5) is 4.39 Å². The standard InChI is InChI=1S/C24H23FN2O4/c1-3-30-23-14-19(8-13-22(23)29-2)24(28)27-26-15-17-6-11-21(12-7-17)31-16-18-4-9-20(25)10-5-18/h4-15H,3,16H2,1-2H3,(H,27,28)/b26-15-. The highest BCUT2D eigenvalue weighted by atomic mass is 19.1. The number of hydrazone groups is 1. The molecule has 0 atom stereocenters. The maximum absolute atomic E-state index is 12.9. The number of halogens is 1. The highest BCUT2D eigenvalue weighted by molar-refractivity contribution is 5.95. The Bertz CT molecular complexity index is 1030. The molecule has 1 amide bonds. The van der Waals surface area contributed by atoms with E-state index in [-0.39, 0.29) is 11.7 Å². The van der Waals surface area contributed by atoms with Gasteiger partial charge in [0.05, 0.1) is 19.9 Å². The average molecular weight is 422 g/mol. The predicted octanol–water partition coefficient (Wildman–Crippen LogP) is 4.58. The van der Waals surface area contributed by atoms with Gasteiger partial charge >= 0.3 is 0 Å². The number of carbonyl (C=O) groups excluding carboxylic acids is 1. The Balaban J connectivity index is 1.54. The fourth-order valence-corrected chi connectivity index (χ4v) is 2.71. The van der Waals surface area contributed by atoms with Crippen molar-refractivity contribution in [1.82, 2.24) is 5.43 Å². The number of amides is 1. The molecule has 6 nitrogen and oxygen atoms in total. The third kappa shape index (κ3) is 6.30. The van der Waals surface area contributed by atoms with Crippen molar-refractivity contribution in [3.8, 4) is 17.2 Å². The summed E-state index contributed by atoms with van der Waals surface area (Å²) >= 11 is 0. The van der Waals surface area contributed by atoms with Crippen molar-refractivity contribution in [2.24, 2.45) is 5.10 Å². The molecule has 0 bridgehead atoms. The van der Waals surface area contributed by atoms with Crippen molar-refractivity contribution in [2.45, 2.75) is 13.5 Å². The summed E-state index contributed by atoms with van der Waals surface area (Å²) in [7, 11) is 1.54. The minimum Gasteiger partial charge on any atom is -0.493 e. The number of nitrogens with zero attached hydrogens (tertiary/aromatic N) is 1. The molecule has 160 valence electrons. The van der Waals surface area contributed by atoms with Gasteiger partial charge in [-0.05, 0) is 72.6 Å². The average Bonchev–Trinajstić information content (AvgIpc) is 2.79. The number of hydrogen-bond donors (Lipinski definition) is 1. The molecule has 0 aliphatic carbocycles. The zero-order valence-electron chi connectivity index (χ0n) is 17.3. The van der Waals surface area contributed by atoms with Crippen molar-refractivity contribution >= 4 is 12.1 Å². The Hall–Kier alpha value is -3.87. The van der Waals surface area contributed by atoms with Crippen LogP contribution in [0.3, 0.4) is 0 Å². The Morgan fingerprint density at radius 3 is 2.42 bits per heavy atom. The van der Waals surface area contributed by atoms with E-state index in [1.807, 2.05) is 19.1 Å². The van der Waals surface area contributed by atoms with Crippen LogP contribution in [0.2, 0.25) is 0 Å². The topological polar surface area (TPSA) is 69.2 Å². The number of carbonyl (C=O) groups is 1. The third-order valence-electron chi connectivity index (χ3n) is 4.30. The molecule has 1 N–H and O–H groups in total.